The first-order valence-corrected chi connectivity index (χ1v) is 10.0. The molecule has 142 valence electrons. The minimum atomic E-state index is -0.357. The van der Waals surface area contributed by atoms with Crippen molar-refractivity contribution in [3.8, 4) is 0 Å². The van der Waals surface area contributed by atoms with Crippen LogP contribution in [-0.2, 0) is 14.1 Å². The molecule has 0 fully saturated rings. The fraction of sp³-hybridized carbons (Fsp3) is 0.579. The van der Waals surface area contributed by atoms with Gasteiger partial charge in [0.2, 0.25) is 0 Å². The number of thioether (sulfide) groups is 1. The van der Waals surface area contributed by atoms with Gasteiger partial charge >= 0.3 is 5.69 Å². The topological polar surface area (TPSA) is 68.7 Å². The number of hydrogen-bond acceptors (Lipinski definition) is 5. The molecule has 6 nitrogen and oxygen atoms in total. The van der Waals surface area contributed by atoms with Crippen molar-refractivity contribution < 1.29 is 0 Å². The van der Waals surface area contributed by atoms with Gasteiger partial charge in [0.15, 0.2) is 0 Å². The minimum Gasteiger partial charge on any atom is -0.281 e. The highest BCUT2D eigenvalue weighted by Crippen LogP contribution is 2.24. The number of rotatable bonds is 6. The summed E-state index contributed by atoms with van der Waals surface area (Å²) in [6.07, 6.45) is 4.96. The van der Waals surface area contributed by atoms with E-state index in [0.717, 1.165) is 46.0 Å². The van der Waals surface area contributed by atoms with Gasteiger partial charge in [0.25, 0.3) is 5.56 Å². The highest BCUT2D eigenvalue weighted by Gasteiger charge is 2.17. The second-order valence-electron chi connectivity index (χ2n) is 6.63. The summed E-state index contributed by atoms with van der Waals surface area (Å²) in [4.78, 5) is 33.9. The Morgan fingerprint density at radius 2 is 2.00 bits per heavy atom. The molecular formula is C19H28N4O2S. The van der Waals surface area contributed by atoms with E-state index < -0.39 is 0 Å². The molecule has 2 heterocycles. The van der Waals surface area contributed by atoms with E-state index in [9.17, 15) is 9.59 Å². The zero-order valence-electron chi connectivity index (χ0n) is 16.5. The van der Waals surface area contributed by atoms with Crippen LogP contribution in [0, 0.1) is 12.8 Å². The van der Waals surface area contributed by atoms with Gasteiger partial charge in [-0.2, -0.15) is 0 Å². The molecule has 1 aliphatic rings. The van der Waals surface area contributed by atoms with Crippen LogP contribution in [0.1, 0.15) is 45.6 Å². The Morgan fingerprint density at radius 1 is 1.31 bits per heavy atom. The maximum absolute atomic E-state index is 12.3. The van der Waals surface area contributed by atoms with Gasteiger partial charge in [-0.05, 0) is 19.8 Å². The Bertz CT molecular complexity index is 853. The molecule has 0 N–H and O–H groups in total. The molecule has 1 atom stereocenters. The van der Waals surface area contributed by atoms with Gasteiger partial charge in [0.1, 0.15) is 5.82 Å². The van der Waals surface area contributed by atoms with Gasteiger partial charge in [0.05, 0.1) is 10.6 Å². The summed E-state index contributed by atoms with van der Waals surface area (Å²) in [5.41, 5.74) is 2.14. The number of hydrogen-bond donors (Lipinski definition) is 0. The Morgan fingerprint density at radius 3 is 2.58 bits per heavy atom. The first-order chi connectivity index (χ1) is 12.3. The first-order valence-electron chi connectivity index (χ1n) is 9.03. The number of nitrogens with zero attached hydrogens (tertiary/aromatic N) is 4. The Hall–Kier alpha value is -1.89. The van der Waals surface area contributed by atoms with Gasteiger partial charge in [-0.25, -0.2) is 9.79 Å². The second-order valence-corrected chi connectivity index (χ2v) is 7.63. The molecule has 1 unspecified atom stereocenters. The zero-order valence-corrected chi connectivity index (χ0v) is 17.3. The van der Waals surface area contributed by atoms with Crippen molar-refractivity contribution in [2.24, 2.45) is 30.0 Å². The fourth-order valence-corrected chi connectivity index (χ4v) is 3.82. The molecule has 0 radical (unpaired) electrons. The lowest BCUT2D eigenvalue weighted by Gasteiger charge is -2.15. The standard InChI is InChI=1S/C19H28N4O2S/c1-7-12(3)17(26-11-15-10-9-14(8-2)20-15)21-16-13(4)18(24)23(6)19(25)22(16)5/h9,12H,7-8,10-11H2,1-6H3. The smallest absolute Gasteiger partial charge is 0.281 e. The molecule has 0 spiro atoms. The number of allylic oxidation sites excluding steroid dienone is 2. The van der Waals surface area contributed by atoms with E-state index in [2.05, 4.69) is 31.8 Å². The largest absolute Gasteiger partial charge is 0.332 e. The molecule has 0 amide bonds. The average molecular weight is 377 g/mol. The van der Waals surface area contributed by atoms with E-state index in [0.29, 0.717) is 11.4 Å². The molecule has 0 saturated carbocycles. The van der Waals surface area contributed by atoms with Crippen molar-refractivity contribution in [2.75, 3.05) is 5.75 Å². The van der Waals surface area contributed by atoms with Crippen LogP contribution < -0.4 is 11.2 Å². The van der Waals surface area contributed by atoms with Gasteiger partial charge in [-0.3, -0.25) is 18.9 Å². The van der Waals surface area contributed by atoms with E-state index in [1.807, 2.05) is 0 Å². The van der Waals surface area contributed by atoms with E-state index >= 15 is 0 Å². The molecule has 1 aromatic heterocycles. The molecule has 7 heteroatoms. The van der Waals surface area contributed by atoms with Crippen LogP contribution >= 0.6 is 11.8 Å². The summed E-state index contributed by atoms with van der Waals surface area (Å²) in [5.74, 6) is 1.47. The van der Waals surface area contributed by atoms with Crippen LogP contribution in [0.3, 0.4) is 0 Å². The molecular weight excluding hydrogens is 348 g/mol. The summed E-state index contributed by atoms with van der Waals surface area (Å²) < 4.78 is 2.57. The molecule has 26 heavy (non-hydrogen) atoms. The molecule has 0 bridgehead atoms. The first kappa shape index (κ1) is 20.4. The molecule has 0 saturated heterocycles. The second kappa shape index (κ2) is 8.66. The minimum absolute atomic E-state index is 0.249. The molecule has 0 aromatic carbocycles. The van der Waals surface area contributed by atoms with Crippen molar-refractivity contribution in [1.29, 1.82) is 0 Å². The van der Waals surface area contributed by atoms with Crippen molar-refractivity contribution in [2.45, 2.75) is 47.0 Å². The maximum atomic E-state index is 12.3. The maximum Gasteiger partial charge on any atom is 0.332 e. The lowest BCUT2D eigenvalue weighted by molar-refractivity contribution is 0.678. The van der Waals surface area contributed by atoms with Crippen LogP contribution in [0.25, 0.3) is 0 Å². The van der Waals surface area contributed by atoms with Gasteiger partial charge in [0, 0.05) is 43.6 Å². The lowest BCUT2D eigenvalue weighted by Crippen LogP contribution is -2.38. The van der Waals surface area contributed by atoms with Gasteiger partial charge < -0.3 is 0 Å². The van der Waals surface area contributed by atoms with Crippen molar-refractivity contribution in [3.05, 3.63) is 38.2 Å². The van der Waals surface area contributed by atoms with Gasteiger partial charge in [-0.15, -0.1) is 11.8 Å². The lowest BCUT2D eigenvalue weighted by atomic mass is 10.1. The van der Waals surface area contributed by atoms with Crippen molar-refractivity contribution in [1.82, 2.24) is 9.13 Å². The van der Waals surface area contributed by atoms with E-state index in [1.165, 1.54) is 11.6 Å². The SMILES string of the molecule is CCC1=CCC(CSC(=Nc2c(C)c(=O)n(C)c(=O)n2C)C(C)CC)=N1. The molecule has 2 rings (SSSR count). The van der Waals surface area contributed by atoms with E-state index in [1.54, 1.807) is 25.7 Å². The number of aliphatic imine (C=N–C) groups is 2. The Balaban J connectivity index is 2.37. The summed E-state index contributed by atoms with van der Waals surface area (Å²) in [5, 5.41) is 0.937. The Kier molecular flexibility index (Phi) is 6.81. The fourth-order valence-electron chi connectivity index (χ4n) is 2.73. The molecule has 1 aliphatic heterocycles. The van der Waals surface area contributed by atoms with Crippen molar-refractivity contribution in [3.63, 3.8) is 0 Å². The molecule has 0 aliphatic carbocycles. The predicted octanol–water partition coefficient (Wildman–Crippen LogP) is 3.34. The quantitative estimate of drug-likeness (QED) is 0.565. The Labute approximate surface area is 158 Å². The third-order valence-corrected chi connectivity index (χ3v) is 5.99. The summed E-state index contributed by atoms with van der Waals surface area (Å²) >= 11 is 1.65. The average Bonchev–Trinajstić information content (AvgIpc) is 3.11. The molecule has 1 aromatic rings. The summed E-state index contributed by atoms with van der Waals surface area (Å²) in [6, 6.07) is 0. The third kappa shape index (κ3) is 4.26. The van der Waals surface area contributed by atoms with E-state index in [-0.39, 0.29) is 17.2 Å². The van der Waals surface area contributed by atoms with Gasteiger partial charge in [-0.1, -0.05) is 26.8 Å². The highest BCUT2D eigenvalue weighted by atomic mass is 32.2. The monoisotopic (exact) mass is 376 g/mol. The van der Waals surface area contributed by atoms with Crippen LogP contribution in [0.2, 0.25) is 0 Å². The normalized spacial score (nSPS) is 15.8. The summed E-state index contributed by atoms with van der Waals surface area (Å²) in [6.45, 7) is 8.06. The van der Waals surface area contributed by atoms with Crippen molar-refractivity contribution >= 4 is 28.3 Å². The highest BCUT2D eigenvalue weighted by molar-refractivity contribution is 8.14. The summed E-state index contributed by atoms with van der Waals surface area (Å²) in [7, 11) is 3.15. The number of aromatic nitrogens is 2. The van der Waals surface area contributed by atoms with E-state index in [4.69, 9.17) is 4.99 Å². The van der Waals surface area contributed by atoms with Crippen LogP contribution in [-0.4, -0.2) is 25.6 Å². The predicted molar refractivity (Wildman–Crippen MR) is 111 cm³/mol. The third-order valence-electron chi connectivity index (χ3n) is 4.73. The van der Waals surface area contributed by atoms with Crippen LogP contribution in [0.4, 0.5) is 5.82 Å². The zero-order chi connectivity index (χ0) is 19.4. The van der Waals surface area contributed by atoms with Crippen LogP contribution in [0.15, 0.2) is 31.3 Å². The van der Waals surface area contributed by atoms with Crippen LogP contribution in [0.5, 0.6) is 0 Å².